The van der Waals surface area contributed by atoms with Crippen LogP contribution in [-0.2, 0) is 17.0 Å². The third-order valence-electron chi connectivity index (χ3n) is 24.7. The fourth-order valence-corrected chi connectivity index (χ4v) is 13.1. The summed E-state index contributed by atoms with van der Waals surface area (Å²) in [4.78, 5) is 0. The van der Waals surface area contributed by atoms with E-state index in [1.807, 2.05) is 25.1 Å². The van der Waals surface area contributed by atoms with Gasteiger partial charge < -0.3 is 0 Å². The molecule has 0 saturated heterocycles. The molecule has 0 nitrogen and oxygen atoms in total. The Morgan fingerprint density at radius 2 is 0.585 bits per heavy atom. The number of rotatable bonds is 9. The second-order valence-electron chi connectivity index (χ2n) is 47.1. The summed E-state index contributed by atoms with van der Waals surface area (Å²) in [6.45, 7) is 104. The van der Waals surface area contributed by atoms with E-state index in [2.05, 4.69) is 497 Å². The van der Waals surface area contributed by atoms with Crippen molar-refractivity contribution in [3.8, 4) is 11.1 Å². The number of halogens is 5. The van der Waals surface area contributed by atoms with Gasteiger partial charge in [-0.15, -0.1) is 0 Å². The van der Waals surface area contributed by atoms with E-state index >= 15 is 0 Å². The van der Waals surface area contributed by atoms with E-state index in [0.717, 1.165) is 34.4 Å². The molecule has 11 aromatic rings. The predicted octanol–water partition coefficient (Wildman–Crippen LogP) is 41.3. The van der Waals surface area contributed by atoms with Crippen LogP contribution < -0.4 is 0 Å². The SMILES string of the molecule is C=C(c1ccc(C)cc1)C(C)(C)C.C=C(c1ccc(C)cc1)C(C)(C)C.C=C(c1ccc(C)cc1)C(C)(C)C.C=C(c1cccc(F)c1)C(C)(C)C.CC(C)(C)/C=C/c1ccccc1.CC(C)(C)c1ccccc1-c1ccccc1.CC(c1ccc(C(F)(F)F)cc1)C(C)(C)C.CC(c1cccc(F)c1)C(C)(C)C.Cc1cc(C(C)(C)C)cc(C)c1C.Cc1ccc(C(C)C(C)(C)C)cc1. The van der Waals surface area contributed by atoms with Crippen molar-refractivity contribution >= 4 is 28.4 Å². The second-order valence-corrected chi connectivity index (χ2v) is 47.1. The molecule has 0 heterocycles. The Bertz CT molecular complexity index is 5210. The van der Waals surface area contributed by atoms with Gasteiger partial charge in [0.2, 0.25) is 0 Å². The van der Waals surface area contributed by atoms with Gasteiger partial charge in [0.05, 0.1) is 5.56 Å². The zero-order valence-electron chi connectivity index (χ0n) is 91.5. The molecule has 0 aliphatic heterocycles. The zero-order valence-corrected chi connectivity index (χ0v) is 91.5. The molecule has 0 spiro atoms. The lowest BCUT2D eigenvalue weighted by Gasteiger charge is -2.27. The Balaban J connectivity index is 0.000000508. The first kappa shape index (κ1) is 121. The van der Waals surface area contributed by atoms with Gasteiger partial charge in [-0.2, -0.15) is 13.2 Å². The van der Waals surface area contributed by atoms with Crippen molar-refractivity contribution in [2.45, 2.75) is 312 Å². The van der Waals surface area contributed by atoms with Crippen LogP contribution in [0.2, 0.25) is 0 Å². The molecule has 0 amide bonds. The molecule has 11 aromatic carbocycles. The summed E-state index contributed by atoms with van der Waals surface area (Å²) in [6.07, 6.45) is 0.145. The maximum absolute atomic E-state index is 12.9. The van der Waals surface area contributed by atoms with Gasteiger partial charge in [-0.3, -0.25) is 0 Å². The van der Waals surface area contributed by atoms with E-state index in [1.54, 1.807) is 30.3 Å². The molecule has 11 rings (SSSR count). The first-order valence-electron chi connectivity index (χ1n) is 48.3. The highest BCUT2D eigenvalue weighted by molar-refractivity contribution is 5.71. The fraction of sp³-hybridized carbons (Fsp3) is 0.415. The van der Waals surface area contributed by atoms with Crippen LogP contribution in [0, 0.1) is 103 Å². The van der Waals surface area contributed by atoms with Gasteiger partial charge in [0.15, 0.2) is 0 Å². The summed E-state index contributed by atoms with van der Waals surface area (Å²) < 4.78 is 62.9. The summed E-state index contributed by atoms with van der Waals surface area (Å²) in [5, 5.41) is 0. The lowest BCUT2D eigenvalue weighted by atomic mass is 9.78. The lowest BCUT2D eigenvalue weighted by Crippen LogP contribution is -2.15. The summed E-state index contributed by atoms with van der Waals surface area (Å²) in [6, 6.07) is 87.6. The molecular weight excluding hydrogens is 1660 g/mol. The van der Waals surface area contributed by atoms with Crippen LogP contribution >= 0.6 is 0 Å². The predicted molar refractivity (Wildman–Crippen MR) is 591 cm³/mol. The highest BCUT2D eigenvalue weighted by Crippen LogP contribution is 2.42. The van der Waals surface area contributed by atoms with Crippen molar-refractivity contribution in [1.82, 2.24) is 0 Å². The molecule has 135 heavy (non-hydrogen) atoms. The Kier molecular flexibility index (Phi) is 46.9. The molecule has 0 bridgehead atoms. The first-order chi connectivity index (χ1) is 61.6. The van der Waals surface area contributed by atoms with E-state index < -0.39 is 11.7 Å². The van der Waals surface area contributed by atoms with Crippen LogP contribution in [0.5, 0.6) is 0 Å². The minimum Gasteiger partial charge on any atom is -0.207 e. The highest BCUT2D eigenvalue weighted by Gasteiger charge is 2.32. The normalized spacial score (nSPS) is 12.5. The molecule has 0 saturated carbocycles. The Labute approximate surface area is 822 Å². The monoisotopic (exact) mass is 1830 g/mol. The molecule has 0 aliphatic rings. The van der Waals surface area contributed by atoms with E-state index in [9.17, 15) is 22.0 Å². The van der Waals surface area contributed by atoms with Gasteiger partial charge >= 0.3 is 6.18 Å². The van der Waals surface area contributed by atoms with Gasteiger partial charge in [-0.1, -0.05) is 520 Å². The molecule has 0 N–H and O–H groups in total. The molecule has 0 aromatic heterocycles. The minimum absolute atomic E-state index is 0.00616. The maximum Gasteiger partial charge on any atom is 0.416 e. The minimum atomic E-state index is -4.25. The van der Waals surface area contributed by atoms with Crippen LogP contribution in [0.4, 0.5) is 22.0 Å². The summed E-state index contributed by atoms with van der Waals surface area (Å²) in [5.41, 5.74) is 30.1. The Hall–Kier alpha value is -10.2. The standard InChI is InChI=1S/C16H18.C13H17F3.2C13H20.3C13H18.C12H17F.C12H15F.C12H16/c1-16(2,3)15-12-8-7-11-14(15)13-9-5-4-6-10-13;1-9(12(2,3)4)10-5-7-11(8-6-10)13(14,15)16;1-9-7-12(13(4,5)6)8-10(2)11(9)3;4*1-10-6-8-12(9-7-10)11(2)13(3,4)5;2*1-9(12(2,3)4)10-6-5-7-11(13)8-10;1-12(2,3)10-9-11-7-5-4-6-8-11/h4-12H,1-3H3;5-9H,1-4H3;7-8H,1-6H3;6-9,11H,1-5H3;3*6-9H,2H2,1,3-5H3;5-9H,1-4H3;5-8H,1H2,2-4H3;4-10H,1-3H3/b;;;;;;;;;10-9+. The number of aryl methyl sites for hydroxylation is 6. The second kappa shape index (κ2) is 52.4. The molecular formula is C130H177F5. The number of alkyl halides is 3. The van der Waals surface area contributed by atoms with Crippen LogP contribution in [0.15, 0.2) is 299 Å². The van der Waals surface area contributed by atoms with E-state index in [-0.39, 0.29) is 66.3 Å². The molecule has 5 heteroatoms. The average molecular weight is 1830 g/mol. The zero-order chi connectivity index (χ0) is 104. The topological polar surface area (TPSA) is 0 Å². The lowest BCUT2D eigenvalue weighted by molar-refractivity contribution is -0.137. The number of hydrogen-bond acceptors (Lipinski definition) is 0. The van der Waals surface area contributed by atoms with Crippen LogP contribution in [-0.4, -0.2) is 0 Å². The Morgan fingerprint density at radius 3 is 0.896 bits per heavy atom. The van der Waals surface area contributed by atoms with Crippen LogP contribution in [0.1, 0.15) is 346 Å². The largest absolute Gasteiger partial charge is 0.416 e. The van der Waals surface area contributed by atoms with Gasteiger partial charge in [0, 0.05) is 0 Å². The average Bonchev–Trinajstić information content (AvgIpc) is 0.790. The molecule has 3 unspecified atom stereocenters. The molecule has 0 fully saturated rings. The van der Waals surface area contributed by atoms with E-state index in [4.69, 9.17) is 0 Å². The van der Waals surface area contributed by atoms with E-state index in [1.165, 1.54) is 124 Å². The van der Waals surface area contributed by atoms with Crippen molar-refractivity contribution in [2.75, 3.05) is 0 Å². The smallest absolute Gasteiger partial charge is 0.207 e. The van der Waals surface area contributed by atoms with Gasteiger partial charge in [-0.25, -0.2) is 8.78 Å². The van der Waals surface area contributed by atoms with Gasteiger partial charge in [0.25, 0.3) is 0 Å². The van der Waals surface area contributed by atoms with Crippen LogP contribution in [0.3, 0.4) is 0 Å². The fourth-order valence-electron chi connectivity index (χ4n) is 13.1. The molecule has 732 valence electrons. The van der Waals surface area contributed by atoms with Gasteiger partial charge in [-0.05, 0) is 263 Å². The first-order valence-corrected chi connectivity index (χ1v) is 48.3. The number of benzene rings is 11. The van der Waals surface area contributed by atoms with E-state index in [0.29, 0.717) is 17.3 Å². The quantitative estimate of drug-likeness (QED) is 0.126. The molecule has 3 atom stereocenters. The van der Waals surface area contributed by atoms with Crippen molar-refractivity contribution in [2.24, 2.45) is 43.3 Å². The summed E-state index contributed by atoms with van der Waals surface area (Å²) in [5.74, 6) is 0.877. The number of allylic oxidation sites excluding steroid dienone is 5. The summed E-state index contributed by atoms with van der Waals surface area (Å²) >= 11 is 0. The van der Waals surface area contributed by atoms with Crippen LogP contribution in [0.25, 0.3) is 39.5 Å². The molecule has 0 aliphatic carbocycles. The molecule has 0 radical (unpaired) electrons. The van der Waals surface area contributed by atoms with Crippen molar-refractivity contribution in [1.29, 1.82) is 0 Å². The van der Waals surface area contributed by atoms with Gasteiger partial charge in [0.1, 0.15) is 11.6 Å². The third-order valence-corrected chi connectivity index (χ3v) is 24.7. The maximum atomic E-state index is 12.9. The van der Waals surface area contributed by atoms with Crippen molar-refractivity contribution in [3.05, 3.63) is 411 Å². The van der Waals surface area contributed by atoms with Crippen molar-refractivity contribution < 1.29 is 22.0 Å². The van der Waals surface area contributed by atoms with Crippen molar-refractivity contribution in [3.63, 3.8) is 0 Å². The number of hydrogen-bond donors (Lipinski definition) is 0. The summed E-state index contributed by atoms with van der Waals surface area (Å²) in [7, 11) is 0. The third kappa shape index (κ3) is 45.5. The Morgan fingerprint density at radius 1 is 0.281 bits per heavy atom. The highest BCUT2D eigenvalue weighted by atomic mass is 19.4.